The quantitative estimate of drug-likeness (QED) is 0.601. The van der Waals surface area contributed by atoms with Crippen LogP contribution in [0.5, 0.6) is 0 Å². The van der Waals surface area contributed by atoms with Crippen LogP contribution < -0.4 is 10.2 Å². The first kappa shape index (κ1) is 18.8. The van der Waals surface area contributed by atoms with Gasteiger partial charge in [0.1, 0.15) is 10.6 Å². The van der Waals surface area contributed by atoms with Gasteiger partial charge in [0.2, 0.25) is 5.91 Å². The summed E-state index contributed by atoms with van der Waals surface area (Å²) in [6.07, 6.45) is 2.35. The number of rotatable bonds is 6. The van der Waals surface area contributed by atoms with Crippen LogP contribution in [0.4, 0.5) is 17.1 Å². The maximum absolute atomic E-state index is 11.8. The van der Waals surface area contributed by atoms with Crippen LogP contribution in [-0.2, 0) is 21.2 Å². The van der Waals surface area contributed by atoms with E-state index < -0.39 is 20.4 Å². The molecule has 142 valence electrons. The monoisotopic (exact) mass is 389 g/mol. The van der Waals surface area contributed by atoms with E-state index in [-0.39, 0.29) is 23.0 Å². The number of amides is 1. The Morgan fingerprint density at radius 2 is 1.89 bits per heavy atom. The zero-order chi connectivity index (χ0) is 19.6. The topological polar surface area (TPSA) is 110 Å². The second-order valence-electron chi connectivity index (χ2n) is 6.35. The Kier molecular flexibility index (Phi) is 5.13. The highest BCUT2D eigenvalue weighted by Gasteiger charge is 2.26. The van der Waals surface area contributed by atoms with Crippen LogP contribution in [0.25, 0.3) is 0 Å². The molecule has 1 saturated heterocycles. The summed E-state index contributed by atoms with van der Waals surface area (Å²) < 4.78 is 23.6. The van der Waals surface area contributed by atoms with Crippen molar-refractivity contribution in [3.63, 3.8) is 0 Å². The fraction of sp³-hybridized carbons (Fsp3) is 0.278. The van der Waals surface area contributed by atoms with E-state index in [0.29, 0.717) is 13.0 Å². The molecular formula is C18H19N3O5S. The molecule has 2 aromatic carbocycles. The molecule has 0 aliphatic carbocycles. The van der Waals surface area contributed by atoms with Gasteiger partial charge in [0, 0.05) is 31.5 Å². The van der Waals surface area contributed by atoms with Crippen LogP contribution in [0.1, 0.15) is 18.4 Å². The fourth-order valence-corrected chi connectivity index (χ4v) is 3.93. The molecule has 0 saturated carbocycles. The second kappa shape index (κ2) is 7.36. The van der Waals surface area contributed by atoms with Crippen molar-refractivity contribution in [3.8, 4) is 0 Å². The van der Waals surface area contributed by atoms with E-state index in [0.717, 1.165) is 23.9 Å². The maximum Gasteiger partial charge on any atom is 0.310 e. The molecule has 3 rings (SSSR count). The third-order valence-electron chi connectivity index (χ3n) is 4.39. The lowest BCUT2D eigenvalue weighted by molar-refractivity contribution is -0.386. The molecule has 9 heteroatoms. The molecule has 2 aromatic rings. The minimum atomic E-state index is -3.72. The van der Waals surface area contributed by atoms with E-state index >= 15 is 0 Å². The maximum atomic E-state index is 11.8. The van der Waals surface area contributed by atoms with Gasteiger partial charge in [-0.05, 0) is 36.2 Å². The first-order chi connectivity index (χ1) is 12.8. The summed E-state index contributed by atoms with van der Waals surface area (Å²) in [5, 5.41) is 14.3. The average Bonchev–Trinajstić information content (AvgIpc) is 3.05. The van der Waals surface area contributed by atoms with Crippen molar-refractivity contribution in [1.82, 2.24) is 0 Å². The smallest absolute Gasteiger partial charge is 0.310 e. The SMILES string of the molecule is CS(=O)(=O)c1cccc(NCc2ccc(N3CCCC3=O)cc2)c1[N+](=O)[O-]. The van der Waals surface area contributed by atoms with Gasteiger partial charge in [0.15, 0.2) is 9.84 Å². The van der Waals surface area contributed by atoms with Crippen LogP contribution in [-0.4, -0.2) is 32.0 Å². The van der Waals surface area contributed by atoms with Crippen LogP contribution in [0.3, 0.4) is 0 Å². The van der Waals surface area contributed by atoms with Crippen molar-refractivity contribution in [1.29, 1.82) is 0 Å². The molecule has 1 N–H and O–H groups in total. The molecule has 1 heterocycles. The zero-order valence-electron chi connectivity index (χ0n) is 14.7. The third kappa shape index (κ3) is 4.08. The van der Waals surface area contributed by atoms with Gasteiger partial charge < -0.3 is 10.2 Å². The summed E-state index contributed by atoms with van der Waals surface area (Å²) in [7, 11) is -3.72. The number of carbonyl (C=O) groups is 1. The molecule has 1 amide bonds. The molecule has 0 bridgehead atoms. The molecule has 0 unspecified atom stereocenters. The number of para-hydroxylation sites is 1. The molecule has 0 spiro atoms. The Labute approximate surface area is 156 Å². The molecule has 0 radical (unpaired) electrons. The summed E-state index contributed by atoms with van der Waals surface area (Å²) in [6, 6.07) is 11.5. The van der Waals surface area contributed by atoms with Crippen LogP contribution >= 0.6 is 0 Å². The molecular weight excluding hydrogens is 370 g/mol. The first-order valence-corrected chi connectivity index (χ1v) is 10.3. The van der Waals surface area contributed by atoms with E-state index in [1.165, 1.54) is 18.2 Å². The third-order valence-corrected chi connectivity index (χ3v) is 5.51. The van der Waals surface area contributed by atoms with Crippen LogP contribution in [0, 0.1) is 10.1 Å². The van der Waals surface area contributed by atoms with Gasteiger partial charge in [0.25, 0.3) is 0 Å². The number of nitrogens with zero attached hydrogens (tertiary/aromatic N) is 2. The number of nitro groups is 1. The molecule has 0 aromatic heterocycles. The molecule has 8 nitrogen and oxygen atoms in total. The van der Waals surface area contributed by atoms with Crippen LogP contribution in [0.15, 0.2) is 47.4 Å². The summed E-state index contributed by atoms with van der Waals surface area (Å²) in [6.45, 7) is 0.989. The summed E-state index contributed by atoms with van der Waals surface area (Å²) in [4.78, 5) is 23.9. The van der Waals surface area contributed by atoms with Gasteiger partial charge in [-0.25, -0.2) is 8.42 Å². The summed E-state index contributed by atoms with van der Waals surface area (Å²) >= 11 is 0. The molecule has 27 heavy (non-hydrogen) atoms. The van der Waals surface area contributed by atoms with E-state index in [4.69, 9.17) is 0 Å². The van der Waals surface area contributed by atoms with E-state index in [1.807, 2.05) is 24.3 Å². The highest BCUT2D eigenvalue weighted by Crippen LogP contribution is 2.32. The normalized spacial score (nSPS) is 14.4. The number of anilines is 2. The number of benzene rings is 2. The summed E-state index contributed by atoms with van der Waals surface area (Å²) in [5.41, 5.74) is 1.36. The van der Waals surface area contributed by atoms with Crippen molar-refractivity contribution in [2.75, 3.05) is 23.0 Å². The Balaban J connectivity index is 1.79. The minimum Gasteiger partial charge on any atom is -0.375 e. The van der Waals surface area contributed by atoms with Gasteiger partial charge in [-0.3, -0.25) is 14.9 Å². The van der Waals surface area contributed by atoms with Gasteiger partial charge in [-0.15, -0.1) is 0 Å². The average molecular weight is 389 g/mol. The predicted octanol–water partition coefficient (Wildman–Crippen LogP) is 2.74. The molecule has 0 atom stereocenters. The number of nitro benzene ring substituents is 1. The predicted molar refractivity (Wildman–Crippen MR) is 102 cm³/mol. The number of hydrogen-bond acceptors (Lipinski definition) is 6. The van der Waals surface area contributed by atoms with Crippen molar-refractivity contribution in [3.05, 3.63) is 58.1 Å². The van der Waals surface area contributed by atoms with Crippen molar-refractivity contribution in [2.24, 2.45) is 0 Å². The minimum absolute atomic E-state index is 0.106. The summed E-state index contributed by atoms with van der Waals surface area (Å²) in [5.74, 6) is 0.106. The number of nitrogens with one attached hydrogen (secondary N) is 1. The first-order valence-electron chi connectivity index (χ1n) is 8.38. The standard InChI is InChI=1S/C18H19N3O5S/c1-27(25,26)16-5-2-4-15(18(16)21(23)24)19-12-13-7-9-14(10-8-13)20-11-3-6-17(20)22/h2,4-5,7-10,19H,3,6,11-12H2,1H3. The van der Waals surface area contributed by atoms with Crippen molar-refractivity contribution in [2.45, 2.75) is 24.3 Å². The van der Waals surface area contributed by atoms with Crippen molar-refractivity contribution >= 4 is 32.8 Å². The zero-order valence-corrected chi connectivity index (χ0v) is 15.5. The number of sulfone groups is 1. The van der Waals surface area contributed by atoms with Crippen molar-refractivity contribution < 1.29 is 18.1 Å². The van der Waals surface area contributed by atoms with Crippen LogP contribution in [0.2, 0.25) is 0 Å². The lowest BCUT2D eigenvalue weighted by atomic mass is 10.2. The second-order valence-corrected chi connectivity index (χ2v) is 8.33. The Hall–Kier alpha value is -2.94. The van der Waals surface area contributed by atoms with Gasteiger partial charge in [-0.2, -0.15) is 0 Å². The fourth-order valence-electron chi connectivity index (χ4n) is 3.06. The van der Waals surface area contributed by atoms with Gasteiger partial charge >= 0.3 is 5.69 Å². The lowest BCUT2D eigenvalue weighted by Crippen LogP contribution is -2.23. The highest BCUT2D eigenvalue weighted by molar-refractivity contribution is 7.90. The van der Waals surface area contributed by atoms with Gasteiger partial charge in [0.05, 0.1) is 4.92 Å². The number of carbonyl (C=O) groups excluding carboxylic acids is 1. The Morgan fingerprint density at radius 1 is 1.19 bits per heavy atom. The van der Waals surface area contributed by atoms with E-state index in [2.05, 4.69) is 5.32 Å². The Bertz CT molecular complexity index is 987. The Morgan fingerprint density at radius 3 is 2.44 bits per heavy atom. The van der Waals surface area contributed by atoms with E-state index in [1.54, 1.807) is 4.90 Å². The highest BCUT2D eigenvalue weighted by atomic mass is 32.2. The van der Waals surface area contributed by atoms with E-state index in [9.17, 15) is 23.3 Å². The number of hydrogen-bond donors (Lipinski definition) is 1. The molecule has 1 fully saturated rings. The lowest BCUT2D eigenvalue weighted by Gasteiger charge is -2.16. The van der Waals surface area contributed by atoms with Gasteiger partial charge in [-0.1, -0.05) is 18.2 Å². The molecule has 1 aliphatic heterocycles. The molecule has 1 aliphatic rings. The largest absolute Gasteiger partial charge is 0.375 e.